The van der Waals surface area contributed by atoms with Crippen molar-refractivity contribution in [2.24, 2.45) is 0 Å². The van der Waals surface area contributed by atoms with E-state index in [9.17, 15) is 4.79 Å². The third kappa shape index (κ3) is 3.97. The van der Waals surface area contributed by atoms with Gasteiger partial charge in [0.2, 0.25) is 0 Å². The molecule has 1 amide bonds. The fraction of sp³-hybridized carbons (Fsp3) is 0.526. The van der Waals surface area contributed by atoms with E-state index in [0.717, 1.165) is 45.8 Å². The van der Waals surface area contributed by atoms with Crippen molar-refractivity contribution in [2.75, 3.05) is 32.8 Å². The largest absolute Gasteiger partial charge is 0.459 e. The van der Waals surface area contributed by atoms with Gasteiger partial charge in [-0.3, -0.25) is 9.69 Å². The third-order valence-corrected chi connectivity index (χ3v) is 6.11. The molecule has 2 aromatic heterocycles. The molecule has 4 rings (SSSR count). The molecule has 0 saturated carbocycles. The first kappa shape index (κ1) is 16.8. The molecule has 1 atom stereocenters. The quantitative estimate of drug-likeness (QED) is 0.837. The first-order valence-electron chi connectivity index (χ1n) is 9.05. The Balaban J connectivity index is 1.28. The number of amides is 1. The highest BCUT2D eigenvalue weighted by molar-refractivity contribution is 7.12. The number of rotatable bonds is 4. The van der Waals surface area contributed by atoms with E-state index in [-0.39, 0.29) is 5.91 Å². The summed E-state index contributed by atoms with van der Waals surface area (Å²) < 4.78 is 11.1. The first-order valence-corrected chi connectivity index (χ1v) is 9.86. The van der Waals surface area contributed by atoms with Crippen LogP contribution >= 0.6 is 11.3 Å². The van der Waals surface area contributed by atoms with Crippen molar-refractivity contribution in [3.8, 4) is 0 Å². The smallest absolute Gasteiger partial charge is 0.289 e. The van der Waals surface area contributed by atoms with E-state index in [1.165, 1.54) is 22.6 Å². The van der Waals surface area contributed by atoms with Crippen LogP contribution < -0.4 is 0 Å². The second-order valence-electron chi connectivity index (χ2n) is 6.70. The average Bonchev–Trinajstić information content (AvgIpc) is 3.35. The van der Waals surface area contributed by atoms with E-state index in [0.29, 0.717) is 11.9 Å². The number of ether oxygens (including phenoxy) is 1. The lowest BCUT2D eigenvalue weighted by molar-refractivity contribution is 0.0172. The molecule has 2 aromatic rings. The van der Waals surface area contributed by atoms with Crippen LogP contribution in [-0.4, -0.2) is 48.5 Å². The first-order chi connectivity index (χ1) is 12.3. The van der Waals surface area contributed by atoms with Crippen molar-refractivity contribution in [2.45, 2.75) is 31.9 Å². The van der Waals surface area contributed by atoms with Crippen molar-refractivity contribution < 1.29 is 13.9 Å². The van der Waals surface area contributed by atoms with Crippen LogP contribution in [0.2, 0.25) is 0 Å². The summed E-state index contributed by atoms with van der Waals surface area (Å²) in [6.45, 7) is 5.16. The van der Waals surface area contributed by atoms with Crippen LogP contribution in [0.3, 0.4) is 0 Å². The predicted molar refractivity (Wildman–Crippen MR) is 96.8 cm³/mol. The molecular weight excluding hydrogens is 336 g/mol. The zero-order valence-corrected chi connectivity index (χ0v) is 15.2. The minimum atomic E-state index is -0.00231. The number of carbonyl (C=O) groups is 1. The Labute approximate surface area is 152 Å². The molecule has 0 aliphatic carbocycles. The molecule has 0 spiro atoms. The van der Waals surface area contributed by atoms with Gasteiger partial charge in [0, 0.05) is 49.1 Å². The van der Waals surface area contributed by atoms with Gasteiger partial charge in [-0.1, -0.05) is 0 Å². The summed E-state index contributed by atoms with van der Waals surface area (Å²) in [5.41, 5.74) is 0. The maximum absolute atomic E-state index is 12.3. The Bertz CT molecular complexity index is 683. The van der Waals surface area contributed by atoms with Gasteiger partial charge in [-0.25, -0.2) is 0 Å². The number of hydrogen-bond acceptors (Lipinski definition) is 5. The highest BCUT2D eigenvalue weighted by atomic mass is 32.1. The van der Waals surface area contributed by atoms with Gasteiger partial charge >= 0.3 is 0 Å². The molecular formula is C19H24N2O3S. The third-order valence-electron chi connectivity index (χ3n) is 4.95. The molecule has 1 unspecified atom stereocenters. The van der Waals surface area contributed by atoms with E-state index in [1.54, 1.807) is 18.4 Å². The number of nitrogens with zero attached hydrogens (tertiary/aromatic N) is 2. The minimum Gasteiger partial charge on any atom is -0.459 e. The summed E-state index contributed by atoms with van der Waals surface area (Å²) in [7, 11) is 0. The Hall–Kier alpha value is -1.63. The van der Waals surface area contributed by atoms with Gasteiger partial charge in [-0.15, -0.1) is 11.3 Å². The van der Waals surface area contributed by atoms with Crippen LogP contribution in [-0.2, 0) is 11.3 Å². The molecule has 6 heteroatoms. The normalized spacial score (nSPS) is 22.2. The molecule has 2 aliphatic rings. The summed E-state index contributed by atoms with van der Waals surface area (Å²) in [4.78, 5) is 19.4. The van der Waals surface area contributed by atoms with Crippen molar-refractivity contribution in [1.29, 1.82) is 0 Å². The molecule has 25 heavy (non-hydrogen) atoms. The Morgan fingerprint density at radius 3 is 2.76 bits per heavy atom. The Morgan fingerprint density at radius 2 is 2.04 bits per heavy atom. The zero-order chi connectivity index (χ0) is 17.1. The standard InChI is InChI=1S/C19H24N2O3S/c22-19(17-5-3-13-24-17)21-10-8-20(9-11-21)14-15-6-7-18(25-15)16-4-1-2-12-23-16/h3,5-7,13,16H,1-2,4,8-12,14H2. The fourth-order valence-electron chi connectivity index (χ4n) is 3.50. The predicted octanol–water partition coefficient (Wildman–Crippen LogP) is 3.54. The van der Waals surface area contributed by atoms with E-state index >= 15 is 0 Å². The summed E-state index contributed by atoms with van der Waals surface area (Å²) in [6, 6.07) is 7.95. The van der Waals surface area contributed by atoms with E-state index < -0.39 is 0 Å². The van der Waals surface area contributed by atoms with Gasteiger partial charge in [-0.2, -0.15) is 0 Å². The van der Waals surface area contributed by atoms with Crippen molar-refractivity contribution in [3.63, 3.8) is 0 Å². The number of piperazine rings is 1. The van der Waals surface area contributed by atoms with E-state index in [1.807, 2.05) is 16.2 Å². The van der Waals surface area contributed by atoms with Crippen LogP contribution in [0.25, 0.3) is 0 Å². The van der Waals surface area contributed by atoms with Crippen molar-refractivity contribution in [1.82, 2.24) is 9.80 Å². The number of furan rings is 1. The summed E-state index contributed by atoms with van der Waals surface area (Å²) in [5, 5.41) is 0. The lowest BCUT2D eigenvalue weighted by Gasteiger charge is -2.34. The van der Waals surface area contributed by atoms with Gasteiger partial charge in [0.25, 0.3) is 5.91 Å². The molecule has 2 fully saturated rings. The summed E-state index contributed by atoms with van der Waals surface area (Å²) >= 11 is 1.88. The molecule has 5 nitrogen and oxygen atoms in total. The van der Waals surface area contributed by atoms with Crippen LogP contribution in [0.1, 0.15) is 45.7 Å². The molecule has 134 valence electrons. The maximum Gasteiger partial charge on any atom is 0.289 e. The van der Waals surface area contributed by atoms with E-state index in [4.69, 9.17) is 9.15 Å². The topological polar surface area (TPSA) is 45.9 Å². The average molecular weight is 360 g/mol. The highest BCUT2D eigenvalue weighted by Crippen LogP contribution is 2.33. The SMILES string of the molecule is O=C(c1ccco1)N1CCN(Cc2ccc(C3CCCCO3)s2)CC1. The number of carbonyl (C=O) groups excluding carboxylic acids is 1. The lowest BCUT2D eigenvalue weighted by atomic mass is 10.1. The Morgan fingerprint density at radius 1 is 1.16 bits per heavy atom. The van der Waals surface area contributed by atoms with Gasteiger partial charge in [0.15, 0.2) is 5.76 Å². The van der Waals surface area contributed by atoms with Gasteiger partial charge in [-0.05, 0) is 43.5 Å². The van der Waals surface area contributed by atoms with Gasteiger partial charge in [0.1, 0.15) is 0 Å². The molecule has 0 radical (unpaired) electrons. The monoisotopic (exact) mass is 360 g/mol. The van der Waals surface area contributed by atoms with Gasteiger partial charge < -0.3 is 14.1 Å². The maximum atomic E-state index is 12.3. The van der Waals surface area contributed by atoms with Crippen LogP contribution in [0.15, 0.2) is 34.9 Å². The molecule has 0 aromatic carbocycles. The molecule has 0 bridgehead atoms. The van der Waals surface area contributed by atoms with E-state index in [2.05, 4.69) is 17.0 Å². The Kier molecular flexibility index (Phi) is 5.20. The lowest BCUT2D eigenvalue weighted by Crippen LogP contribution is -2.48. The minimum absolute atomic E-state index is 0.00231. The molecule has 0 N–H and O–H groups in total. The van der Waals surface area contributed by atoms with Gasteiger partial charge in [0.05, 0.1) is 12.4 Å². The molecule has 2 aliphatic heterocycles. The summed E-state index contributed by atoms with van der Waals surface area (Å²) in [5.74, 6) is 0.432. The van der Waals surface area contributed by atoms with Crippen molar-refractivity contribution >= 4 is 17.2 Å². The summed E-state index contributed by atoms with van der Waals surface area (Å²) in [6.07, 6.45) is 5.45. The second-order valence-corrected chi connectivity index (χ2v) is 7.90. The van der Waals surface area contributed by atoms with Crippen LogP contribution in [0.5, 0.6) is 0 Å². The van der Waals surface area contributed by atoms with Crippen LogP contribution in [0, 0.1) is 0 Å². The fourth-order valence-corrected chi connectivity index (χ4v) is 4.64. The number of hydrogen-bond donors (Lipinski definition) is 0. The van der Waals surface area contributed by atoms with Crippen molar-refractivity contribution in [3.05, 3.63) is 46.0 Å². The molecule has 4 heterocycles. The zero-order valence-electron chi connectivity index (χ0n) is 14.4. The highest BCUT2D eigenvalue weighted by Gasteiger charge is 2.24. The second kappa shape index (κ2) is 7.72. The molecule has 2 saturated heterocycles. The van der Waals surface area contributed by atoms with Crippen LogP contribution in [0.4, 0.5) is 0 Å². The number of thiophene rings is 1.